The molecule has 1 aliphatic carbocycles. The van der Waals surface area contributed by atoms with Gasteiger partial charge in [-0.2, -0.15) is 0 Å². The van der Waals surface area contributed by atoms with Gasteiger partial charge in [-0.3, -0.25) is 10.2 Å². The van der Waals surface area contributed by atoms with Gasteiger partial charge in [0.15, 0.2) is 11.5 Å². The second kappa shape index (κ2) is 6.10. The maximum absolute atomic E-state index is 6.25. The first-order chi connectivity index (χ1) is 12.1. The molecule has 7 heteroatoms. The molecule has 3 N–H and O–H groups in total. The molecule has 25 heavy (non-hydrogen) atoms. The molecule has 0 saturated carbocycles. The van der Waals surface area contributed by atoms with E-state index in [4.69, 9.17) is 32.7 Å². The minimum atomic E-state index is 0.551. The van der Waals surface area contributed by atoms with Crippen molar-refractivity contribution >= 4 is 45.5 Å². The highest BCUT2D eigenvalue weighted by Gasteiger charge is 2.19. The zero-order chi connectivity index (χ0) is 17.6. The van der Waals surface area contributed by atoms with Gasteiger partial charge in [0.25, 0.3) is 0 Å². The summed E-state index contributed by atoms with van der Waals surface area (Å²) < 4.78 is 10.8. The van der Waals surface area contributed by atoms with Crippen LogP contribution in [-0.2, 0) is 0 Å². The number of methoxy groups -OCH3 is 2. The van der Waals surface area contributed by atoms with Crippen LogP contribution in [0.5, 0.6) is 11.5 Å². The summed E-state index contributed by atoms with van der Waals surface area (Å²) in [5.41, 5.74) is 2.75. The van der Waals surface area contributed by atoms with E-state index in [1.165, 1.54) is 0 Å². The summed E-state index contributed by atoms with van der Waals surface area (Å²) in [5.74, 6) is 2.20. The Morgan fingerprint density at radius 2 is 1.68 bits per heavy atom. The zero-order valence-electron chi connectivity index (χ0n) is 13.5. The summed E-state index contributed by atoms with van der Waals surface area (Å²) in [4.78, 5) is 0. The molecule has 128 valence electrons. The van der Waals surface area contributed by atoms with Gasteiger partial charge < -0.3 is 14.8 Å². The van der Waals surface area contributed by atoms with Crippen LogP contribution >= 0.6 is 23.2 Å². The van der Waals surface area contributed by atoms with Gasteiger partial charge in [0, 0.05) is 16.0 Å². The Labute approximate surface area is 154 Å². The van der Waals surface area contributed by atoms with Crippen LogP contribution in [0.2, 0.25) is 10.0 Å². The molecular weight excluding hydrogens is 361 g/mol. The van der Waals surface area contributed by atoms with Crippen LogP contribution < -0.4 is 14.8 Å². The second-order valence-electron chi connectivity index (χ2n) is 5.60. The summed E-state index contributed by atoms with van der Waals surface area (Å²) in [6.45, 7) is 0. The third-order valence-corrected chi connectivity index (χ3v) is 4.71. The van der Waals surface area contributed by atoms with Gasteiger partial charge in [-0.1, -0.05) is 23.2 Å². The second-order valence-corrected chi connectivity index (χ2v) is 6.45. The van der Waals surface area contributed by atoms with Crippen molar-refractivity contribution in [2.75, 3.05) is 19.5 Å². The number of H-pyrrole nitrogens is 2. The van der Waals surface area contributed by atoms with Gasteiger partial charge in [-0.25, -0.2) is 0 Å². The van der Waals surface area contributed by atoms with E-state index in [9.17, 15) is 0 Å². The van der Waals surface area contributed by atoms with Crippen molar-refractivity contribution in [1.82, 2.24) is 10.2 Å². The van der Waals surface area contributed by atoms with Crippen LogP contribution in [-0.4, -0.2) is 24.4 Å². The van der Waals surface area contributed by atoms with E-state index in [1.54, 1.807) is 26.4 Å². The molecular formula is C18H15Cl2N3O2. The Bertz CT molecular complexity index is 1040. The van der Waals surface area contributed by atoms with Crippen molar-refractivity contribution in [2.24, 2.45) is 0 Å². The number of anilines is 2. The highest BCUT2D eigenvalue weighted by atomic mass is 35.5. The first kappa shape index (κ1) is 16.0. The van der Waals surface area contributed by atoms with Crippen molar-refractivity contribution in [3.8, 4) is 22.8 Å². The SMILES string of the molecule is COc1cc2cc3c(Nc4ccc(Cl)cc4Cl)[nH][nH]c-3c2cc1OC. The van der Waals surface area contributed by atoms with Crippen LogP contribution in [0.1, 0.15) is 0 Å². The lowest BCUT2D eigenvalue weighted by molar-refractivity contribution is 0.356. The fraction of sp³-hybridized carbons (Fsp3) is 0.111. The number of hydrogen-bond donors (Lipinski definition) is 3. The van der Waals surface area contributed by atoms with Crippen molar-refractivity contribution in [2.45, 2.75) is 0 Å². The number of ether oxygens (including phenoxy) is 2. The van der Waals surface area contributed by atoms with Gasteiger partial charge >= 0.3 is 0 Å². The number of aromatic nitrogens is 2. The lowest BCUT2D eigenvalue weighted by Crippen LogP contribution is -1.92. The molecule has 2 aromatic rings. The molecule has 0 amide bonds. The van der Waals surface area contributed by atoms with Crippen LogP contribution in [0.15, 0.2) is 36.4 Å². The predicted octanol–water partition coefficient (Wildman–Crippen LogP) is 5.67. The van der Waals surface area contributed by atoms with E-state index in [2.05, 4.69) is 21.6 Å². The van der Waals surface area contributed by atoms with E-state index >= 15 is 0 Å². The Hall–Kier alpha value is -2.50. The summed E-state index contributed by atoms with van der Waals surface area (Å²) >= 11 is 12.2. The predicted molar refractivity (Wildman–Crippen MR) is 102 cm³/mol. The Kier molecular flexibility index (Phi) is 3.90. The molecule has 0 radical (unpaired) electrons. The van der Waals surface area contributed by atoms with Crippen LogP contribution in [0, 0.1) is 0 Å². The van der Waals surface area contributed by atoms with Crippen molar-refractivity contribution < 1.29 is 9.47 Å². The number of fused-ring (bicyclic) bond motifs is 3. The smallest absolute Gasteiger partial charge is 0.161 e. The zero-order valence-corrected chi connectivity index (χ0v) is 15.0. The molecule has 0 saturated heterocycles. The summed E-state index contributed by atoms with van der Waals surface area (Å²) in [6, 6.07) is 11.3. The number of rotatable bonds is 4. The first-order valence-electron chi connectivity index (χ1n) is 7.57. The van der Waals surface area contributed by atoms with E-state index < -0.39 is 0 Å². The molecule has 0 atom stereocenters. The minimum Gasteiger partial charge on any atom is -0.493 e. The molecule has 0 aromatic heterocycles. The monoisotopic (exact) mass is 375 g/mol. The molecule has 5 nitrogen and oxygen atoms in total. The highest BCUT2D eigenvalue weighted by molar-refractivity contribution is 6.36. The molecule has 1 aliphatic heterocycles. The van der Waals surface area contributed by atoms with Gasteiger partial charge in [0.1, 0.15) is 5.82 Å². The summed E-state index contributed by atoms with van der Waals surface area (Å²) in [5, 5.41) is 12.9. The molecule has 4 rings (SSSR count). The average Bonchev–Trinajstić information content (AvgIpc) is 3.15. The topological polar surface area (TPSA) is 62.1 Å². The summed E-state index contributed by atoms with van der Waals surface area (Å²) in [7, 11) is 3.25. The molecule has 2 aromatic carbocycles. The van der Waals surface area contributed by atoms with Crippen molar-refractivity contribution in [1.29, 1.82) is 0 Å². The maximum atomic E-state index is 6.25. The lowest BCUT2D eigenvalue weighted by atomic mass is 10.2. The highest BCUT2D eigenvalue weighted by Crippen LogP contribution is 2.43. The number of aromatic amines is 2. The summed E-state index contributed by atoms with van der Waals surface area (Å²) in [6.07, 6.45) is 0. The Morgan fingerprint density at radius 1 is 0.920 bits per heavy atom. The van der Waals surface area contributed by atoms with Crippen LogP contribution in [0.4, 0.5) is 11.5 Å². The fourth-order valence-corrected chi connectivity index (χ4v) is 3.41. The Balaban J connectivity index is 1.79. The van der Waals surface area contributed by atoms with E-state index in [0.717, 1.165) is 33.5 Å². The quantitative estimate of drug-likeness (QED) is 0.430. The molecule has 0 fully saturated rings. The molecule has 1 heterocycles. The largest absolute Gasteiger partial charge is 0.493 e. The lowest BCUT2D eigenvalue weighted by Gasteiger charge is -2.07. The van der Waals surface area contributed by atoms with E-state index in [-0.39, 0.29) is 0 Å². The standard InChI is InChI=1S/C18H15Cl2N3O2/c1-24-15-6-9-5-12-17(11(9)8-16(15)25-2)22-23-18(12)21-14-4-3-10(19)7-13(14)20/h3-8,21-23H,1-2H3. The van der Waals surface area contributed by atoms with Crippen LogP contribution in [0.3, 0.4) is 0 Å². The molecule has 0 unspecified atom stereocenters. The van der Waals surface area contributed by atoms with Gasteiger partial charge in [-0.15, -0.1) is 0 Å². The van der Waals surface area contributed by atoms with Crippen molar-refractivity contribution in [3.63, 3.8) is 0 Å². The van der Waals surface area contributed by atoms with Gasteiger partial charge in [0.05, 0.1) is 30.6 Å². The first-order valence-corrected chi connectivity index (χ1v) is 8.33. The van der Waals surface area contributed by atoms with Gasteiger partial charge in [0.2, 0.25) is 0 Å². The molecule has 2 aliphatic rings. The van der Waals surface area contributed by atoms with Crippen molar-refractivity contribution in [3.05, 3.63) is 46.4 Å². The number of hydrogen-bond acceptors (Lipinski definition) is 3. The molecule has 0 bridgehead atoms. The van der Waals surface area contributed by atoms with Crippen LogP contribution in [0.25, 0.3) is 22.0 Å². The number of benzene rings is 2. The van der Waals surface area contributed by atoms with E-state index in [1.807, 2.05) is 18.2 Å². The Morgan fingerprint density at radius 3 is 2.40 bits per heavy atom. The minimum absolute atomic E-state index is 0.551. The molecule has 0 spiro atoms. The maximum Gasteiger partial charge on any atom is 0.161 e. The van der Waals surface area contributed by atoms with Gasteiger partial charge in [-0.05, 0) is 41.8 Å². The number of nitrogens with one attached hydrogen (secondary N) is 3. The number of halogens is 2. The van der Waals surface area contributed by atoms with E-state index in [0.29, 0.717) is 21.5 Å². The third kappa shape index (κ3) is 2.65. The fourth-order valence-electron chi connectivity index (χ4n) is 2.95. The average molecular weight is 376 g/mol. The third-order valence-electron chi connectivity index (χ3n) is 4.17. The normalized spacial score (nSPS) is 11.2.